The maximum absolute atomic E-state index is 5.51. The zero-order chi connectivity index (χ0) is 12.1. The molecule has 1 heterocycles. The monoisotopic (exact) mass is 240 g/mol. The smallest absolute Gasteiger partial charge is 0.0698 e. The van der Waals surface area contributed by atoms with Crippen LogP contribution in [0.25, 0.3) is 0 Å². The summed E-state index contributed by atoms with van der Waals surface area (Å²) in [5.41, 5.74) is 0. The van der Waals surface area contributed by atoms with E-state index in [0.717, 1.165) is 18.5 Å². The van der Waals surface area contributed by atoms with Gasteiger partial charge in [0.15, 0.2) is 0 Å². The van der Waals surface area contributed by atoms with E-state index in [1.807, 2.05) is 7.11 Å². The molecule has 2 fully saturated rings. The molecular formula is C14H28N2O. The van der Waals surface area contributed by atoms with Gasteiger partial charge in [-0.05, 0) is 45.2 Å². The Hall–Kier alpha value is -0.120. The lowest BCUT2D eigenvalue weighted by molar-refractivity contribution is 0.0212. The topological polar surface area (TPSA) is 24.5 Å². The molecule has 0 radical (unpaired) electrons. The highest BCUT2D eigenvalue weighted by Gasteiger charge is 2.27. The highest BCUT2D eigenvalue weighted by Crippen LogP contribution is 2.26. The molecule has 1 N–H and O–H groups in total. The summed E-state index contributed by atoms with van der Waals surface area (Å²) in [6, 6.07) is 0.742. The second kappa shape index (κ2) is 6.72. The molecule has 17 heavy (non-hydrogen) atoms. The number of likely N-dealkylation sites (tertiary alicyclic amines) is 1. The molecule has 0 spiro atoms. The van der Waals surface area contributed by atoms with E-state index in [-0.39, 0.29) is 0 Å². The maximum atomic E-state index is 5.51. The number of methoxy groups -OCH3 is 1. The Labute approximate surface area is 106 Å². The minimum absolute atomic E-state index is 0.473. The van der Waals surface area contributed by atoms with Gasteiger partial charge in [0, 0.05) is 26.2 Å². The van der Waals surface area contributed by atoms with Crippen LogP contribution in [0.1, 0.15) is 38.5 Å². The van der Waals surface area contributed by atoms with E-state index in [2.05, 4.69) is 17.3 Å². The zero-order valence-corrected chi connectivity index (χ0v) is 11.5. The molecule has 3 unspecified atom stereocenters. The van der Waals surface area contributed by atoms with Gasteiger partial charge in [-0.15, -0.1) is 0 Å². The second-order valence-corrected chi connectivity index (χ2v) is 5.70. The number of piperidine rings is 1. The lowest BCUT2D eigenvalue weighted by atomic mass is 9.84. The van der Waals surface area contributed by atoms with Crippen LogP contribution >= 0.6 is 0 Å². The van der Waals surface area contributed by atoms with Crippen molar-refractivity contribution in [2.75, 3.05) is 33.8 Å². The van der Waals surface area contributed by atoms with Crippen LogP contribution in [0.4, 0.5) is 0 Å². The summed E-state index contributed by atoms with van der Waals surface area (Å²) >= 11 is 0. The van der Waals surface area contributed by atoms with Crippen LogP contribution in [-0.2, 0) is 4.74 Å². The van der Waals surface area contributed by atoms with Crippen molar-refractivity contribution >= 4 is 0 Å². The number of rotatable bonds is 4. The molecule has 1 saturated heterocycles. The quantitative estimate of drug-likeness (QED) is 0.812. The van der Waals surface area contributed by atoms with Gasteiger partial charge in [-0.2, -0.15) is 0 Å². The second-order valence-electron chi connectivity index (χ2n) is 5.70. The van der Waals surface area contributed by atoms with E-state index < -0.39 is 0 Å². The lowest BCUT2D eigenvalue weighted by Crippen LogP contribution is -2.47. The summed E-state index contributed by atoms with van der Waals surface area (Å²) in [7, 11) is 3.97. The van der Waals surface area contributed by atoms with Gasteiger partial charge >= 0.3 is 0 Å². The number of ether oxygens (including phenoxy) is 1. The largest absolute Gasteiger partial charge is 0.380 e. The Kier molecular flexibility index (Phi) is 5.26. The van der Waals surface area contributed by atoms with E-state index in [9.17, 15) is 0 Å². The predicted octanol–water partition coefficient (Wildman–Crippen LogP) is 1.88. The van der Waals surface area contributed by atoms with Crippen LogP contribution in [0.2, 0.25) is 0 Å². The zero-order valence-electron chi connectivity index (χ0n) is 11.5. The fourth-order valence-corrected chi connectivity index (χ4v) is 3.51. The Bertz CT molecular complexity index is 222. The summed E-state index contributed by atoms with van der Waals surface area (Å²) in [5.74, 6) is 0.851. The highest BCUT2D eigenvalue weighted by molar-refractivity contribution is 4.84. The number of hydrogen-bond acceptors (Lipinski definition) is 3. The van der Waals surface area contributed by atoms with Crippen molar-refractivity contribution in [3.8, 4) is 0 Å². The third kappa shape index (κ3) is 3.67. The summed E-state index contributed by atoms with van der Waals surface area (Å²) in [6.07, 6.45) is 8.61. The van der Waals surface area contributed by atoms with E-state index in [4.69, 9.17) is 4.74 Å². The maximum Gasteiger partial charge on any atom is 0.0698 e. The highest BCUT2D eigenvalue weighted by atomic mass is 16.5. The molecule has 0 aromatic heterocycles. The SMILES string of the molecule is CNC1CCCCC1CN1CCCC(OC)C1. The van der Waals surface area contributed by atoms with Crippen molar-refractivity contribution < 1.29 is 4.74 Å². The van der Waals surface area contributed by atoms with Crippen molar-refractivity contribution in [2.45, 2.75) is 50.7 Å². The van der Waals surface area contributed by atoms with Crippen LogP contribution in [0.15, 0.2) is 0 Å². The molecule has 3 nitrogen and oxygen atoms in total. The van der Waals surface area contributed by atoms with Crippen molar-refractivity contribution in [3.05, 3.63) is 0 Å². The average Bonchev–Trinajstić information content (AvgIpc) is 2.39. The van der Waals surface area contributed by atoms with Crippen LogP contribution < -0.4 is 5.32 Å². The molecule has 0 aromatic carbocycles. The third-order valence-corrected chi connectivity index (χ3v) is 4.57. The van der Waals surface area contributed by atoms with Gasteiger partial charge in [-0.1, -0.05) is 12.8 Å². The van der Waals surface area contributed by atoms with Gasteiger partial charge in [0.1, 0.15) is 0 Å². The molecule has 0 bridgehead atoms. The van der Waals surface area contributed by atoms with E-state index in [1.54, 1.807) is 0 Å². The van der Waals surface area contributed by atoms with Crippen LogP contribution in [0.5, 0.6) is 0 Å². The van der Waals surface area contributed by atoms with Crippen molar-refractivity contribution in [3.63, 3.8) is 0 Å². The molecular weight excluding hydrogens is 212 g/mol. The normalized spacial score (nSPS) is 36.0. The standard InChI is InChI=1S/C14H28N2O/c1-15-14-8-4-3-6-12(14)10-16-9-5-7-13(11-16)17-2/h12-15H,3-11H2,1-2H3. The van der Waals surface area contributed by atoms with Gasteiger partial charge in [0.05, 0.1) is 6.10 Å². The first-order valence-electron chi connectivity index (χ1n) is 7.26. The number of nitrogens with zero attached hydrogens (tertiary/aromatic N) is 1. The van der Waals surface area contributed by atoms with Crippen molar-refractivity contribution in [1.82, 2.24) is 10.2 Å². The van der Waals surface area contributed by atoms with Crippen molar-refractivity contribution in [1.29, 1.82) is 0 Å². The van der Waals surface area contributed by atoms with Crippen LogP contribution in [-0.4, -0.2) is 50.8 Å². The van der Waals surface area contributed by atoms with Crippen LogP contribution in [0, 0.1) is 5.92 Å². The average molecular weight is 240 g/mol. The molecule has 0 aromatic rings. The first-order valence-corrected chi connectivity index (χ1v) is 7.26. The van der Waals surface area contributed by atoms with Gasteiger partial charge in [-0.3, -0.25) is 0 Å². The molecule has 3 heteroatoms. The molecule has 1 saturated carbocycles. The van der Waals surface area contributed by atoms with Crippen molar-refractivity contribution in [2.24, 2.45) is 5.92 Å². The molecule has 1 aliphatic heterocycles. The fourth-order valence-electron chi connectivity index (χ4n) is 3.51. The lowest BCUT2D eigenvalue weighted by Gasteiger charge is -2.38. The first kappa shape index (κ1) is 13.3. The molecule has 3 atom stereocenters. The first-order chi connectivity index (χ1) is 8.33. The van der Waals surface area contributed by atoms with Gasteiger partial charge in [0.2, 0.25) is 0 Å². The minimum Gasteiger partial charge on any atom is -0.380 e. The van der Waals surface area contributed by atoms with E-state index in [0.29, 0.717) is 6.10 Å². The Balaban J connectivity index is 1.81. The summed E-state index contributed by atoms with van der Waals surface area (Å²) in [6.45, 7) is 3.68. The van der Waals surface area contributed by atoms with Crippen LogP contribution in [0.3, 0.4) is 0 Å². The molecule has 0 amide bonds. The van der Waals surface area contributed by atoms with E-state index in [1.165, 1.54) is 51.6 Å². The summed E-state index contributed by atoms with van der Waals surface area (Å²) in [5, 5.41) is 3.51. The number of nitrogens with one attached hydrogen (secondary N) is 1. The minimum atomic E-state index is 0.473. The summed E-state index contributed by atoms with van der Waals surface area (Å²) in [4.78, 5) is 2.62. The Morgan fingerprint density at radius 2 is 2.00 bits per heavy atom. The predicted molar refractivity (Wildman–Crippen MR) is 71.3 cm³/mol. The van der Waals surface area contributed by atoms with Gasteiger partial charge < -0.3 is 15.0 Å². The molecule has 100 valence electrons. The van der Waals surface area contributed by atoms with E-state index >= 15 is 0 Å². The Morgan fingerprint density at radius 1 is 1.18 bits per heavy atom. The molecule has 2 rings (SSSR count). The van der Waals surface area contributed by atoms with Gasteiger partial charge in [-0.25, -0.2) is 0 Å². The third-order valence-electron chi connectivity index (χ3n) is 4.57. The molecule has 1 aliphatic carbocycles. The Morgan fingerprint density at radius 3 is 2.76 bits per heavy atom. The molecule has 2 aliphatic rings. The number of hydrogen-bond donors (Lipinski definition) is 1. The summed E-state index contributed by atoms with van der Waals surface area (Å²) < 4.78 is 5.51. The van der Waals surface area contributed by atoms with Gasteiger partial charge in [0.25, 0.3) is 0 Å². The fraction of sp³-hybridized carbons (Fsp3) is 1.00.